The third-order valence-electron chi connectivity index (χ3n) is 2.42. The first-order valence-corrected chi connectivity index (χ1v) is 5.93. The molecular weight excluding hydrogens is 266 g/mol. The number of aryl methyl sites for hydroxylation is 1. The molecule has 5 nitrogen and oxygen atoms in total. The lowest BCUT2D eigenvalue weighted by Crippen LogP contribution is -2.13. The summed E-state index contributed by atoms with van der Waals surface area (Å²) in [5.41, 5.74) is 2.33. The van der Waals surface area contributed by atoms with Crippen molar-refractivity contribution >= 4 is 29.0 Å². The van der Waals surface area contributed by atoms with E-state index in [1.165, 1.54) is 7.11 Å². The van der Waals surface area contributed by atoms with E-state index in [0.29, 0.717) is 18.0 Å². The van der Waals surface area contributed by atoms with Crippen LogP contribution in [-0.2, 0) is 20.9 Å². The summed E-state index contributed by atoms with van der Waals surface area (Å²) >= 11 is 4.61. The number of aliphatic imine (C=N–C) groups is 1. The monoisotopic (exact) mass is 281 g/mol. The molecule has 0 saturated heterocycles. The van der Waals surface area contributed by atoms with Crippen LogP contribution in [0.4, 0.5) is 5.69 Å². The summed E-state index contributed by atoms with van der Waals surface area (Å²) in [5, 5.41) is 2.33. The highest BCUT2D eigenvalue weighted by Gasteiger charge is 2.10. The Morgan fingerprint density at radius 2 is 2.16 bits per heavy atom. The van der Waals surface area contributed by atoms with Crippen LogP contribution in [0.2, 0.25) is 0 Å². The normalized spacial score (nSPS) is 9.63. The van der Waals surface area contributed by atoms with Gasteiger partial charge in [0, 0.05) is 12.7 Å². The summed E-state index contributed by atoms with van der Waals surface area (Å²) in [6.45, 7) is 2.08. The summed E-state index contributed by atoms with van der Waals surface area (Å²) in [6.07, 6.45) is 0. The predicted octanol–water partition coefficient (Wildman–Crippen LogP) is 2.43. The zero-order chi connectivity index (χ0) is 14.3. The van der Waals surface area contributed by atoms with Crippen LogP contribution in [-0.4, -0.2) is 32.0 Å². The van der Waals surface area contributed by atoms with E-state index >= 15 is 0 Å². The Morgan fingerprint density at radius 1 is 1.42 bits per heavy atom. The van der Waals surface area contributed by atoms with Crippen molar-refractivity contribution in [2.45, 2.75) is 13.5 Å². The van der Waals surface area contributed by atoms with Crippen molar-refractivity contribution < 1.29 is 19.0 Å². The number of hydrogen-bond donors (Lipinski definition) is 0. The molecule has 6 heteroatoms. The lowest BCUT2D eigenvalue weighted by atomic mass is 10.1. The first-order valence-electron chi connectivity index (χ1n) is 5.52. The average molecular weight is 281 g/mol. The van der Waals surface area contributed by atoms with E-state index in [4.69, 9.17) is 9.47 Å². The van der Waals surface area contributed by atoms with Gasteiger partial charge >= 0.3 is 5.97 Å². The molecule has 0 unspecified atom stereocenters. The third kappa shape index (κ3) is 4.44. The number of rotatable bonds is 6. The van der Waals surface area contributed by atoms with Crippen LogP contribution in [0.1, 0.15) is 11.1 Å². The zero-order valence-electron chi connectivity index (χ0n) is 11.1. The molecule has 0 radical (unpaired) electrons. The summed E-state index contributed by atoms with van der Waals surface area (Å²) < 4.78 is 15.0. The number of ether oxygens (including phenoxy) is 3. The quantitative estimate of drug-likeness (QED) is 0.455. The van der Waals surface area contributed by atoms with Crippen molar-refractivity contribution in [1.82, 2.24) is 0 Å². The molecule has 0 aromatic heterocycles. The number of carbonyl (C=O) groups excluding carboxylic acids is 1. The highest BCUT2D eigenvalue weighted by Crippen LogP contribution is 2.29. The van der Waals surface area contributed by atoms with Gasteiger partial charge in [0.25, 0.3) is 0 Å². The number of benzene rings is 1. The average Bonchev–Trinajstić information content (AvgIpc) is 2.40. The van der Waals surface area contributed by atoms with E-state index in [0.717, 1.165) is 11.1 Å². The molecule has 0 N–H and O–H groups in total. The fourth-order valence-electron chi connectivity index (χ4n) is 1.49. The van der Waals surface area contributed by atoms with Gasteiger partial charge in [0.15, 0.2) is 6.61 Å². The third-order valence-corrected chi connectivity index (χ3v) is 2.51. The van der Waals surface area contributed by atoms with Crippen LogP contribution in [0, 0.1) is 6.92 Å². The van der Waals surface area contributed by atoms with Crippen molar-refractivity contribution in [2.24, 2.45) is 4.99 Å². The Morgan fingerprint density at radius 3 is 2.74 bits per heavy atom. The molecule has 0 amide bonds. The molecular formula is C13H15NO4S. The van der Waals surface area contributed by atoms with Gasteiger partial charge in [-0.05, 0) is 36.8 Å². The van der Waals surface area contributed by atoms with Gasteiger partial charge in [-0.2, -0.15) is 4.99 Å². The van der Waals surface area contributed by atoms with Gasteiger partial charge in [-0.25, -0.2) is 4.79 Å². The molecule has 0 heterocycles. The number of hydrogen-bond acceptors (Lipinski definition) is 6. The number of esters is 1. The Hall–Kier alpha value is -1.75. The second-order valence-electron chi connectivity index (χ2n) is 3.75. The van der Waals surface area contributed by atoms with E-state index in [9.17, 15) is 4.79 Å². The first kappa shape index (κ1) is 15.3. The van der Waals surface area contributed by atoms with Gasteiger partial charge in [0.05, 0.1) is 24.6 Å². The standard InChI is InChI=1S/C13H15NO4S/c1-9-4-11(14-8-19)10(6-16-2)5-12(9)18-7-13(15)17-3/h4-5H,6-7H2,1-3H3. The van der Waals surface area contributed by atoms with Crippen molar-refractivity contribution in [2.75, 3.05) is 20.8 Å². The fourth-order valence-corrected chi connectivity index (χ4v) is 1.59. The highest BCUT2D eigenvalue weighted by atomic mass is 32.1. The Balaban J connectivity index is 3.02. The van der Waals surface area contributed by atoms with Crippen molar-refractivity contribution in [3.63, 3.8) is 0 Å². The largest absolute Gasteiger partial charge is 0.482 e. The van der Waals surface area contributed by atoms with Crippen LogP contribution in [0.5, 0.6) is 5.75 Å². The minimum atomic E-state index is -0.436. The molecule has 0 atom stereocenters. The number of isothiocyanates is 1. The smallest absolute Gasteiger partial charge is 0.343 e. The van der Waals surface area contributed by atoms with Crippen molar-refractivity contribution in [3.05, 3.63) is 23.3 Å². The minimum Gasteiger partial charge on any atom is -0.482 e. The second-order valence-corrected chi connectivity index (χ2v) is 3.93. The number of nitrogens with zero attached hydrogens (tertiary/aromatic N) is 1. The van der Waals surface area contributed by atoms with Crippen LogP contribution in [0.25, 0.3) is 0 Å². The molecule has 1 aromatic rings. The number of methoxy groups -OCH3 is 2. The fraction of sp³-hybridized carbons (Fsp3) is 0.385. The van der Waals surface area contributed by atoms with Gasteiger partial charge in [-0.15, -0.1) is 0 Å². The topological polar surface area (TPSA) is 57.1 Å². The molecule has 19 heavy (non-hydrogen) atoms. The number of thiocarbonyl (C=S) groups is 1. The zero-order valence-corrected chi connectivity index (χ0v) is 11.9. The van der Waals surface area contributed by atoms with Gasteiger partial charge in [0.1, 0.15) is 5.75 Å². The van der Waals surface area contributed by atoms with Crippen molar-refractivity contribution in [3.8, 4) is 5.75 Å². The lowest BCUT2D eigenvalue weighted by Gasteiger charge is -2.12. The second kappa shape index (κ2) is 7.63. The number of carbonyl (C=O) groups is 1. The Kier molecular flexibility index (Phi) is 6.15. The maximum Gasteiger partial charge on any atom is 0.343 e. The lowest BCUT2D eigenvalue weighted by molar-refractivity contribution is -0.142. The first-order chi connectivity index (χ1) is 9.12. The summed E-state index contributed by atoms with van der Waals surface area (Å²) in [7, 11) is 2.89. The van der Waals surface area contributed by atoms with Crippen LogP contribution in [0.3, 0.4) is 0 Å². The van der Waals surface area contributed by atoms with Crippen LogP contribution >= 0.6 is 12.2 Å². The van der Waals surface area contributed by atoms with Crippen molar-refractivity contribution in [1.29, 1.82) is 0 Å². The maximum atomic E-state index is 11.1. The molecule has 1 rings (SSSR count). The van der Waals surface area contributed by atoms with E-state index in [-0.39, 0.29) is 6.61 Å². The molecule has 0 spiro atoms. The molecule has 0 bridgehead atoms. The van der Waals surface area contributed by atoms with Crippen LogP contribution in [0.15, 0.2) is 17.1 Å². The minimum absolute atomic E-state index is 0.139. The van der Waals surface area contributed by atoms with Gasteiger partial charge in [-0.1, -0.05) is 0 Å². The highest BCUT2D eigenvalue weighted by molar-refractivity contribution is 7.78. The Labute approximate surface area is 117 Å². The Bertz CT molecular complexity index is 510. The summed E-state index contributed by atoms with van der Waals surface area (Å²) in [5.74, 6) is 0.148. The van der Waals surface area contributed by atoms with Gasteiger partial charge in [0.2, 0.25) is 0 Å². The molecule has 0 aliphatic heterocycles. The van der Waals surface area contributed by atoms with Gasteiger partial charge in [-0.3, -0.25) is 0 Å². The van der Waals surface area contributed by atoms with E-state index in [1.807, 2.05) is 6.92 Å². The molecule has 0 fully saturated rings. The maximum absolute atomic E-state index is 11.1. The predicted molar refractivity (Wildman–Crippen MR) is 74.1 cm³/mol. The summed E-state index contributed by atoms with van der Waals surface area (Å²) in [6, 6.07) is 3.58. The van der Waals surface area contributed by atoms with Gasteiger partial charge < -0.3 is 14.2 Å². The molecule has 102 valence electrons. The molecule has 1 aromatic carbocycles. The summed E-state index contributed by atoms with van der Waals surface area (Å²) in [4.78, 5) is 15.0. The molecule has 0 aliphatic rings. The van der Waals surface area contributed by atoms with E-state index in [1.54, 1.807) is 19.2 Å². The van der Waals surface area contributed by atoms with Crippen LogP contribution < -0.4 is 4.74 Å². The SMILES string of the molecule is COCc1cc(OCC(=O)OC)c(C)cc1N=C=S. The molecule has 0 saturated carbocycles. The van der Waals surface area contributed by atoms with E-state index < -0.39 is 5.97 Å². The van der Waals surface area contributed by atoms with E-state index in [2.05, 4.69) is 27.1 Å². The molecule has 0 aliphatic carbocycles.